The first kappa shape index (κ1) is 12.7. The van der Waals surface area contributed by atoms with Crippen LogP contribution in [-0.2, 0) is 6.54 Å². The van der Waals surface area contributed by atoms with Gasteiger partial charge < -0.3 is 14.5 Å². The number of para-hydroxylation sites is 1. The van der Waals surface area contributed by atoms with Gasteiger partial charge in [0.2, 0.25) is 0 Å². The van der Waals surface area contributed by atoms with Crippen LogP contribution in [0.2, 0.25) is 0 Å². The van der Waals surface area contributed by atoms with Crippen LogP contribution in [0, 0.1) is 0 Å². The lowest BCUT2D eigenvalue weighted by Crippen LogP contribution is -2.18. The standard InChI is InChI=1S/C15H19NO2/c1-3-18-15-7-5-4-6-14(15)12(2)16-10-13-8-9-17-11-13/h4-9,11-12,16H,3,10H2,1-2H3. The molecule has 0 bridgehead atoms. The molecule has 1 atom stereocenters. The Morgan fingerprint density at radius 1 is 1.28 bits per heavy atom. The first-order valence-electron chi connectivity index (χ1n) is 6.27. The first-order chi connectivity index (χ1) is 8.81. The lowest BCUT2D eigenvalue weighted by molar-refractivity contribution is 0.332. The van der Waals surface area contributed by atoms with Crippen molar-refractivity contribution in [2.45, 2.75) is 26.4 Å². The van der Waals surface area contributed by atoms with Crippen LogP contribution < -0.4 is 10.1 Å². The van der Waals surface area contributed by atoms with E-state index in [4.69, 9.17) is 9.15 Å². The summed E-state index contributed by atoms with van der Waals surface area (Å²) >= 11 is 0. The molecule has 2 aromatic rings. The van der Waals surface area contributed by atoms with Gasteiger partial charge in [-0.3, -0.25) is 0 Å². The summed E-state index contributed by atoms with van der Waals surface area (Å²) in [4.78, 5) is 0. The molecule has 0 fully saturated rings. The predicted molar refractivity (Wildman–Crippen MR) is 71.6 cm³/mol. The zero-order valence-electron chi connectivity index (χ0n) is 10.8. The van der Waals surface area contributed by atoms with Crippen molar-refractivity contribution in [1.29, 1.82) is 0 Å². The third-order valence-corrected chi connectivity index (χ3v) is 2.88. The third kappa shape index (κ3) is 3.14. The van der Waals surface area contributed by atoms with Crippen molar-refractivity contribution >= 4 is 0 Å². The van der Waals surface area contributed by atoms with E-state index in [1.807, 2.05) is 31.2 Å². The number of hydrogen-bond acceptors (Lipinski definition) is 3. The van der Waals surface area contributed by atoms with Crippen LogP contribution in [0.4, 0.5) is 0 Å². The lowest BCUT2D eigenvalue weighted by atomic mass is 10.1. The van der Waals surface area contributed by atoms with Crippen LogP contribution in [0.25, 0.3) is 0 Å². The summed E-state index contributed by atoms with van der Waals surface area (Å²) in [5, 5.41) is 3.46. The van der Waals surface area contributed by atoms with Gasteiger partial charge in [0.05, 0.1) is 19.1 Å². The van der Waals surface area contributed by atoms with Crippen LogP contribution in [0.1, 0.15) is 31.0 Å². The molecule has 1 heterocycles. The van der Waals surface area contributed by atoms with Gasteiger partial charge >= 0.3 is 0 Å². The summed E-state index contributed by atoms with van der Waals surface area (Å²) in [5.41, 5.74) is 2.33. The van der Waals surface area contributed by atoms with Gasteiger partial charge in [-0.2, -0.15) is 0 Å². The molecule has 0 aliphatic rings. The molecule has 0 amide bonds. The molecule has 1 aromatic carbocycles. The van der Waals surface area contributed by atoms with Gasteiger partial charge in [-0.25, -0.2) is 0 Å². The Labute approximate surface area is 108 Å². The fourth-order valence-electron chi connectivity index (χ4n) is 1.90. The zero-order chi connectivity index (χ0) is 12.8. The van der Waals surface area contributed by atoms with Crippen LogP contribution in [0.3, 0.4) is 0 Å². The molecule has 3 nitrogen and oxygen atoms in total. The Bertz CT molecular complexity index is 465. The molecule has 0 radical (unpaired) electrons. The van der Waals surface area contributed by atoms with Gasteiger partial charge in [0.1, 0.15) is 5.75 Å². The van der Waals surface area contributed by atoms with Crippen molar-refractivity contribution in [2.24, 2.45) is 0 Å². The number of benzene rings is 1. The second-order valence-corrected chi connectivity index (χ2v) is 4.21. The highest BCUT2D eigenvalue weighted by atomic mass is 16.5. The smallest absolute Gasteiger partial charge is 0.124 e. The van der Waals surface area contributed by atoms with Crippen molar-refractivity contribution in [3.63, 3.8) is 0 Å². The summed E-state index contributed by atoms with van der Waals surface area (Å²) in [5.74, 6) is 0.951. The van der Waals surface area contributed by atoms with E-state index in [2.05, 4.69) is 18.3 Å². The van der Waals surface area contributed by atoms with E-state index >= 15 is 0 Å². The lowest BCUT2D eigenvalue weighted by Gasteiger charge is -2.17. The molecule has 0 spiro atoms. The quantitative estimate of drug-likeness (QED) is 0.845. The SMILES string of the molecule is CCOc1ccccc1C(C)NCc1ccoc1. The van der Waals surface area contributed by atoms with Crippen molar-refractivity contribution in [1.82, 2.24) is 5.32 Å². The largest absolute Gasteiger partial charge is 0.494 e. The van der Waals surface area contributed by atoms with Crippen LogP contribution in [0.15, 0.2) is 47.3 Å². The summed E-state index contributed by atoms with van der Waals surface area (Å²) in [6.45, 7) is 5.61. The second-order valence-electron chi connectivity index (χ2n) is 4.21. The summed E-state index contributed by atoms with van der Waals surface area (Å²) < 4.78 is 10.7. The fourth-order valence-corrected chi connectivity index (χ4v) is 1.90. The van der Waals surface area contributed by atoms with Gasteiger partial charge in [-0.1, -0.05) is 18.2 Å². The minimum absolute atomic E-state index is 0.239. The van der Waals surface area contributed by atoms with E-state index in [-0.39, 0.29) is 6.04 Å². The molecular formula is C15H19NO2. The Morgan fingerprint density at radius 2 is 2.11 bits per heavy atom. The van der Waals surface area contributed by atoms with E-state index in [0.29, 0.717) is 6.61 Å². The van der Waals surface area contributed by atoms with E-state index in [9.17, 15) is 0 Å². The molecule has 96 valence electrons. The van der Waals surface area contributed by atoms with E-state index < -0.39 is 0 Å². The van der Waals surface area contributed by atoms with Crippen molar-refractivity contribution in [2.75, 3.05) is 6.61 Å². The summed E-state index contributed by atoms with van der Waals surface area (Å²) in [6, 6.07) is 10.3. The normalized spacial score (nSPS) is 12.3. The summed E-state index contributed by atoms with van der Waals surface area (Å²) in [7, 11) is 0. The monoisotopic (exact) mass is 245 g/mol. The van der Waals surface area contributed by atoms with E-state index in [1.165, 1.54) is 5.56 Å². The van der Waals surface area contributed by atoms with Crippen molar-refractivity contribution < 1.29 is 9.15 Å². The van der Waals surface area contributed by atoms with Crippen LogP contribution in [-0.4, -0.2) is 6.61 Å². The van der Waals surface area contributed by atoms with Gasteiger partial charge in [-0.15, -0.1) is 0 Å². The third-order valence-electron chi connectivity index (χ3n) is 2.88. The fraction of sp³-hybridized carbons (Fsp3) is 0.333. The van der Waals surface area contributed by atoms with Gasteiger partial charge in [0.25, 0.3) is 0 Å². The molecule has 0 saturated heterocycles. The van der Waals surface area contributed by atoms with Gasteiger partial charge in [0, 0.05) is 23.7 Å². The minimum atomic E-state index is 0.239. The number of furan rings is 1. The number of ether oxygens (including phenoxy) is 1. The average molecular weight is 245 g/mol. The van der Waals surface area contributed by atoms with E-state index in [0.717, 1.165) is 17.9 Å². The van der Waals surface area contributed by atoms with Crippen LogP contribution >= 0.6 is 0 Å². The van der Waals surface area contributed by atoms with Crippen molar-refractivity contribution in [3.8, 4) is 5.75 Å². The Hall–Kier alpha value is -1.74. The molecule has 1 aromatic heterocycles. The maximum absolute atomic E-state index is 5.64. The van der Waals surface area contributed by atoms with Gasteiger partial charge in [0.15, 0.2) is 0 Å². The maximum atomic E-state index is 5.64. The molecule has 2 rings (SSSR count). The summed E-state index contributed by atoms with van der Waals surface area (Å²) in [6.07, 6.45) is 3.45. The topological polar surface area (TPSA) is 34.4 Å². The van der Waals surface area contributed by atoms with Crippen LogP contribution in [0.5, 0.6) is 5.75 Å². The highest BCUT2D eigenvalue weighted by molar-refractivity contribution is 5.35. The molecule has 0 aliphatic carbocycles. The predicted octanol–water partition coefficient (Wildman–Crippen LogP) is 3.53. The molecule has 1 N–H and O–H groups in total. The molecule has 0 saturated carbocycles. The molecular weight excluding hydrogens is 226 g/mol. The number of hydrogen-bond donors (Lipinski definition) is 1. The second kappa shape index (κ2) is 6.26. The Morgan fingerprint density at radius 3 is 2.83 bits per heavy atom. The van der Waals surface area contributed by atoms with Gasteiger partial charge in [-0.05, 0) is 26.0 Å². The van der Waals surface area contributed by atoms with E-state index in [1.54, 1.807) is 12.5 Å². The number of rotatable bonds is 6. The highest BCUT2D eigenvalue weighted by Crippen LogP contribution is 2.24. The maximum Gasteiger partial charge on any atom is 0.124 e. The molecule has 0 aliphatic heterocycles. The Kier molecular flexibility index (Phi) is 4.42. The highest BCUT2D eigenvalue weighted by Gasteiger charge is 2.10. The average Bonchev–Trinajstić information content (AvgIpc) is 2.90. The zero-order valence-corrected chi connectivity index (χ0v) is 10.8. The molecule has 18 heavy (non-hydrogen) atoms. The molecule has 1 unspecified atom stereocenters. The minimum Gasteiger partial charge on any atom is -0.494 e. The molecule has 3 heteroatoms. The first-order valence-corrected chi connectivity index (χ1v) is 6.27. The number of nitrogens with one attached hydrogen (secondary N) is 1. The van der Waals surface area contributed by atoms with Crippen molar-refractivity contribution in [3.05, 3.63) is 54.0 Å². The Balaban J connectivity index is 2.01.